The topological polar surface area (TPSA) is 81.4 Å². The van der Waals surface area contributed by atoms with Crippen molar-refractivity contribution >= 4 is 40.2 Å². The van der Waals surface area contributed by atoms with Crippen LogP contribution in [0.4, 0.5) is 5.69 Å². The largest absolute Gasteiger partial charge is 0.366 e. The van der Waals surface area contributed by atoms with Gasteiger partial charge in [-0.1, -0.05) is 29.8 Å². The summed E-state index contributed by atoms with van der Waals surface area (Å²) in [6, 6.07) is 13.3. The summed E-state index contributed by atoms with van der Waals surface area (Å²) in [5.41, 5.74) is 7.23. The third-order valence-electron chi connectivity index (χ3n) is 7.82. The van der Waals surface area contributed by atoms with E-state index in [1.165, 1.54) is 16.0 Å². The summed E-state index contributed by atoms with van der Waals surface area (Å²) in [7, 11) is 0. The number of carbonyl (C=O) groups excluding carboxylic acids is 1. The fourth-order valence-electron chi connectivity index (χ4n) is 5.84. The van der Waals surface area contributed by atoms with E-state index in [9.17, 15) is 4.79 Å². The number of aliphatic imine (C=N–C) groups is 1. The number of anilines is 1. The summed E-state index contributed by atoms with van der Waals surface area (Å²) in [4.78, 5) is 19.8. The quantitative estimate of drug-likeness (QED) is 0.309. The molecule has 38 heavy (non-hydrogen) atoms. The normalized spacial score (nSPS) is 20.9. The number of halogens is 1. The molecule has 1 N–H and O–H groups in total. The van der Waals surface area contributed by atoms with Crippen LogP contribution in [0.15, 0.2) is 47.5 Å². The Labute approximate surface area is 229 Å². The molecule has 3 aliphatic rings. The molecule has 1 saturated heterocycles. The van der Waals surface area contributed by atoms with Gasteiger partial charge in [-0.15, -0.1) is 21.5 Å². The minimum absolute atomic E-state index is 0.122. The maximum atomic E-state index is 13.4. The predicted molar refractivity (Wildman–Crippen MR) is 149 cm³/mol. The molecule has 0 radical (unpaired) electrons. The van der Waals surface area contributed by atoms with Crippen LogP contribution in [0.3, 0.4) is 0 Å². The fraction of sp³-hybridized carbons (Fsp3) is 0.310. The van der Waals surface area contributed by atoms with Crippen molar-refractivity contribution in [3.63, 3.8) is 0 Å². The molecular weight excluding hydrogens is 518 g/mol. The first kappa shape index (κ1) is 23.8. The van der Waals surface area contributed by atoms with E-state index in [1.54, 1.807) is 11.3 Å². The summed E-state index contributed by atoms with van der Waals surface area (Å²) in [5, 5.41) is 13.7. The van der Waals surface area contributed by atoms with Gasteiger partial charge in [0.2, 0.25) is 5.91 Å². The average molecular weight is 544 g/mol. The smallest absolute Gasteiger partial charge is 0.227 e. The molecule has 7 rings (SSSR count). The summed E-state index contributed by atoms with van der Waals surface area (Å²) in [5.74, 6) is 1.32. The lowest BCUT2D eigenvalue weighted by atomic mass is 9.91. The van der Waals surface area contributed by atoms with Gasteiger partial charge >= 0.3 is 0 Å². The van der Waals surface area contributed by atoms with Gasteiger partial charge in [-0.2, -0.15) is 0 Å². The number of thiophene rings is 1. The maximum Gasteiger partial charge on any atom is 0.227 e. The number of aryl methyl sites for hydroxylation is 2. The SMILES string of the molecule is Cc1sc2c(c1C)C(c1ccc(Cl)cc1)=N[C@@H](CC(=O)Nc1ccc3c(c1)C1CCC3O1)c1nnc(C)n1-2. The minimum atomic E-state index is -0.505. The van der Waals surface area contributed by atoms with Crippen molar-refractivity contribution in [1.29, 1.82) is 0 Å². The summed E-state index contributed by atoms with van der Waals surface area (Å²) < 4.78 is 8.09. The van der Waals surface area contributed by atoms with E-state index in [0.717, 1.165) is 51.8 Å². The number of fused-ring (bicyclic) bond motifs is 8. The number of nitrogens with one attached hydrogen (secondary N) is 1. The van der Waals surface area contributed by atoms with Crippen molar-refractivity contribution in [3.8, 4) is 5.00 Å². The molecule has 1 fully saturated rings. The van der Waals surface area contributed by atoms with Gasteiger partial charge < -0.3 is 10.1 Å². The first-order valence-electron chi connectivity index (χ1n) is 12.8. The Morgan fingerprint density at radius 1 is 1.08 bits per heavy atom. The molecule has 0 aliphatic carbocycles. The number of hydrogen-bond donors (Lipinski definition) is 1. The fourth-order valence-corrected chi connectivity index (χ4v) is 7.18. The highest BCUT2D eigenvalue weighted by Crippen LogP contribution is 2.51. The lowest BCUT2D eigenvalue weighted by Gasteiger charge is -2.15. The second-order valence-corrected chi connectivity index (χ2v) is 11.8. The molecule has 2 aromatic heterocycles. The number of carbonyl (C=O) groups is 1. The Bertz CT molecular complexity index is 1640. The van der Waals surface area contributed by atoms with Crippen molar-refractivity contribution in [2.24, 2.45) is 4.99 Å². The molecule has 3 atom stereocenters. The standard InChI is InChI=1S/C29H26ClN5O2S/c1-14-15(2)38-29-26(14)27(17-4-6-18(30)7-5-17)32-22(28-34-33-16(3)35(28)29)13-25(36)31-19-8-9-20-21(12-19)24-11-10-23(20)37-24/h4-9,12,22-24H,10-11,13H2,1-3H3,(H,31,36)/t22-,23?,24?/m0/s1. The van der Waals surface area contributed by atoms with E-state index >= 15 is 0 Å². The van der Waals surface area contributed by atoms with Crippen LogP contribution in [0, 0.1) is 20.8 Å². The highest BCUT2D eigenvalue weighted by molar-refractivity contribution is 7.15. The van der Waals surface area contributed by atoms with Crippen LogP contribution in [0.2, 0.25) is 5.02 Å². The zero-order valence-corrected chi connectivity index (χ0v) is 22.9. The highest BCUT2D eigenvalue weighted by Gasteiger charge is 2.38. The molecule has 2 unspecified atom stereocenters. The van der Waals surface area contributed by atoms with Gasteiger partial charge in [-0.05, 0) is 74.6 Å². The molecule has 1 amide bonds. The van der Waals surface area contributed by atoms with Gasteiger partial charge in [-0.25, -0.2) is 0 Å². The second-order valence-electron chi connectivity index (χ2n) is 10.2. The van der Waals surface area contributed by atoms with Crippen molar-refractivity contribution in [3.05, 3.63) is 91.8 Å². The molecule has 2 aromatic carbocycles. The van der Waals surface area contributed by atoms with Crippen LogP contribution in [-0.2, 0) is 9.53 Å². The molecule has 4 aromatic rings. The number of hydrogen-bond acceptors (Lipinski definition) is 6. The summed E-state index contributed by atoms with van der Waals surface area (Å²) in [6.07, 6.45) is 2.60. The third kappa shape index (κ3) is 3.73. The minimum Gasteiger partial charge on any atom is -0.366 e. The average Bonchev–Trinajstić information content (AvgIpc) is 3.65. The second kappa shape index (κ2) is 8.86. The Balaban J connectivity index is 1.27. The van der Waals surface area contributed by atoms with Gasteiger partial charge in [0.1, 0.15) is 16.9 Å². The lowest BCUT2D eigenvalue weighted by Crippen LogP contribution is -2.17. The zero-order valence-electron chi connectivity index (χ0n) is 21.3. The predicted octanol–water partition coefficient (Wildman–Crippen LogP) is 6.73. The lowest BCUT2D eigenvalue weighted by molar-refractivity contribution is -0.116. The van der Waals surface area contributed by atoms with Gasteiger partial charge in [-0.3, -0.25) is 14.4 Å². The molecule has 7 nitrogen and oxygen atoms in total. The van der Waals surface area contributed by atoms with Crippen LogP contribution in [-0.4, -0.2) is 26.4 Å². The number of nitrogens with zero attached hydrogens (tertiary/aromatic N) is 4. The van der Waals surface area contributed by atoms with Crippen molar-refractivity contribution < 1.29 is 9.53 Å². The number of aromatic nitrogens is 3. The van der Waals surface area contributed by atoms with Crippen LogP contribution in [0.25, 0.3) is 5.00 Å². The summed E-state index contributed by atoms with van der Waals surface area (Å²) >= 11 is 7.90. The number of benzene rings is 2. The van der Waals surface area contributed by atoms with E-state index in [2.05, 4.69) is 46.1 Å². The van der Waals surface area contributed by atoms with Crippen molar-refractivity contribution in [2.75, 3.05) is 5.32 Å². The van der Waals surface area contributed by atoms with Crippen molar-refractivity contribution in [2.45, 2.75) is 58.3 Å². The Morgan fingerprint density at radius 2 is 1.84 bits per heavy atom. The number of amides is 1. The molecule has 0 saturated carbocycles. The molecule has 2 bridgehead atoms. The first-order valence-corrected chi connectivity index (χ1v) is 14.0. The molecule has 9 heteroatoms. The number of ether oxygens (including phenoxy) is 1. The molecule has 0 spiro atoms. The summed E-state index contributed by atoms with van der Waals surface area (Å²) in [6.45, 7) is 6.17. The maximum absolute atomic E-state index is 13.4. The highest BCUT2D eigenvalue weighted by atomic mass is 35.5. The van der Waals surface area contributed by atoms with Gasteiger partial charge in [0.05, 0.1) is 24.3 Å². The van der Waals surface area contributed by atoms with Crippen LogP contribution >= 0.6 is 22.9 Å². The molecule has 3 aliphatic heterocycles. The molecule has 192 valence electrons. The van der Waals surface area contributed by atoms with Crippen LogP contribution in [0.5, 0.6) is 0 Å². The van der Waals surface area contributed by atoms with Gasteiger partial charge in [0, 0.05) is 26.7 Å². The van der Waals surface area contributed by atoms with Crippen LogP contribution < -0.4 is 5.32 Å². The van der Waals surface area contributed by atoms with Crippen molar-refractivity contribution in [1.82, 2.24) is 14.8 Å². The first-order chi connectivity index (χ1) is 18.4. The number of rotatable bonds is 4. The third-order valence-corrected chi connectivity index (χ3v) is 9.26. The molecular formula is C29H26ClN5O2S. The van der Waals surface area contributed by atoms with E-state index in [4.69, 9.17) is 21.3 Å². The zero-order chi connectivity index (χ0) is 26.1. The van der Waals surface area contributed by atoms with Gasteiger partial charge in [0.15, 0.2) is 5.82 Å². The van der Waals surface area contributed by atoms with Crippen LogP contribution in [0.1, 0.15) is 81.9 Å². The monoisotopic (exact) mass is 543 g/mol. The van der Waals surface area contributed by atoms with E-state index in [-0.39, 0.29) is 24.5 Å². The Morgan fingerprint density at radius 3 is 2.63 bits per heavy atom. The van der Waals surface area contributed by atoms with Gasteiger partial charge in [0.25, 0.3) is 0 Å². The van der Waals surface area contributed by atoms with E-state index in [1.807, 2.05) is 37.3 Å². The van der Waals surface area contributed by atoms with E-state index < -0.39 is 6.04 Å². The molecule has 5 heterocycles. The van der Waals surface area contributed by atoms with E-state index in [0.29, 0.717) is 10.8 Å². The Kier molecular flexibility index (Phi) is 5.54. The Hall–Kier alpha value is -3.33.